The number of hydrogen-bond donors (Lipinski definition) is 1. The van der Waals surface area contributed by atoms with E-state index in [0.717, 1.165) is 37.7 Å². The molecule has 0 aliphatic carbocycles. The maximum Gasteiger partial charge on any atom is 0.224 e. The average Bonchev–Trinajstić information content (AvgIpc) is 2.63. The standard InChI is InChI=1S/C17H22N6O/c1-14-12-18-13-15(21-14)19-7-5-17(24)23-10-8-22(9-11-23)16-4-2-3-6-20-16/h2-4,6,12-13H,5,7-11H2,1H3,(H,19,21). The number of aromatic nitrogens is 3. The second-order valence-corrected chi connectivity index (χ2v) is 5.78. The van der Waals surface area contributed by atoms with E-state index in [1.807, 2.05) is 30.0 Å². The summed E-state index contributed by atoms with van der Waals surface area (Å²) in [5.41, 5.74) is 0.858. The van der Waals surface area contributed by atoms with Gasteiger partial charge >= 0.3 is 0 Å². The lowest BCUT2D eigenvalue weighted by molar-refractivity contribution is -0.131. The van der Waals surface area contributed by atoms with Gasteiger partial charge in [-0.25, -0.2) is 9.97 Å². The molecule has 0 unspecified atom stereocenters. The van der Waals surface area contributed by atoms with Gasteiger partial charge in [0.2, 0.25) is 5.91 Å². The summed E-state index contributed by atoms with van der Waals surface area (Å²) in [7, 11) is 0. The summed E-state index contributed by atoms with van der Waals surface area (Å²) in [5.74, 6) is 1.86. The summed E-state index contributed by atoms with van der Waals surface area (Å²) in [5, 5.41) is 3.15. The number of piperazine rings is 1. The molecule has 0 saturated carbocycles. The molecule has 1 saturated heterocycles. The zero-order chi connectivity index (χ0) is 16.8. The minimum Gasteiger partial charge on any atom is -0.368 e. The highest BCUT2D eigenvalue weighted by molar-refractivity contribution is 5.77. The van der Waals surface area contributed by atoms with Crippen LogP contribution in [0, 0.1) is 6.92 Å². The van der Waals surface area contributed by atoms with E-state index in [9.17, 15) is 4.79 Å². The predicted octanol–water partition coefficient (Wildman–Crippen LogP) is 1.33. The number of amides is 1. The maximum atomic E-state index is 12.3. The molecule has 1 fully saturated rings. The Kier molecular flexibility index (Phi) is 5.20. The topological polar surface area (TPSA) is 74.2 Å². The number of anilines is 2. The molecule has 0 aromatic carbocycles. The van der Waals surface area contributed by atoms with Crippen molar-refractivity contribution in [3.63, 3.8) is 0 Å². The zero-order valence-electron chi connectivity index (χ0n) is 13.9. The van der Waals surface area contributed by atoms with Crippen LogP contribution in [0.3, 0.4) is 0 Å². The number of rotatable bonds is 5. The number of nitrogens with one attached hydrogen (secondary N) is 1. The van der Waals surface area contributed by atoms with Gasteiger partial charge in [-0.3, -0.25) is 9.78 Å². The Hall–Kier alpha value is -2.70. The minimum atomic E-state index is 0.170. The molecular formula is C17H22N6O. The Labute approximate surface area is 141 Å². The molecule has 1 aliphatic heterocycles. The fourth-order valence-corrected chi connectivity index (χ4v) is 2.73. The van der Waals surface area contributed by atoms with Gasteiger partial charge in [0.15, 0.2) is 0 Å². The molecule has 3 rings (SSSR count). The Bertz CT molecular complexity index is 670. The third kappa shape index (κ3) is 4.18. The number of carbonyl (C=O) groups is 1. The van der Waals surface area contributed by atoms with Gasteiger partial charge in [0.25, 0.3) is 0 Å². The first kappa shape index (κ1) is 16.2. The van der Waals surface area contributed by atoms with Crippen LogP contribution in [0.25, 0.3) is 0 Å². The molecule has 7 heteroatoms. The molecule has 0 atom stereocenters. The fourth-order valence-electron chi connectivity index (χ4n) is 2.73. The summed E-state index contributed by atoms with van der Waals surface area (Å²) in [6.07, 6.45) is 5.63. The number of hydrogen-bond acceptors (Lipinski definition) is 6. The predicted molar refractivity (Wildman–Crippen MR) is 92.9 cm³/mol. The minimum absolute atomic E-state index is 0.170. The second-order valence-electron chi connectivity index (χ2n) is 5.78. The molecule has 126 valence electrons. The Morgan fingerprint density at radius 3 is 2.75 bits per heavy atom. The first-order valence-corrected chi connectivity index (χ1v) is 8.18. The van der Waals surface area contributed by atoms with Crippen LogP contribution in [-0.2, 0) is 4.79 Å². The van der Waals surface area contributed by atoms with Crippen molar-refractivity contribution in [1.82, 2.24) is 19.9 Å². The second kappa shape index (κ2) is 7.72. The van der Waals surface area contributed by atoms with Gasteiger partial charge in [-0.05, 0) is 19.1 Å². The van der Waals surface area contributed by atoms with E-state index in [1.54, 1.807) is 18.6 Å². The highest BCUT2D eigenvalue weighted by Crippen LogP contribution is 2.13. The van der Waals surface area contributed by atoms with E-state index in [1.165, 1.54) is 0 Å². The van der Waals surface area contributed by atoms with E-state index in [0.29, 0.717) is 18.8 Å². The molecule has 7 nitrogen and oxygen atoms in total. The molecule has 3 heterocycles. The Balaban J connectivity index is 1.42. The van der Waals surface area contributed by atoms with Gasteiger partial charge in [-0.1, -0.05) is 6.07 Å². The largest absolute Gasteiger partial charge is 0.368 e. The Morgan fingerprint density at radius 2 is 2.04 bits per heavy atom. The van der Waals surface area contributed by atoms with Crippen LogP contribution in [0.4, 0.5) is 11.6 Å². The van der Waals surface area contributed by atoms with Gasteiger partial charge in [0, 0.05) is 51.5 Å². The molecule has 0 radical (unpaired) electrons. The fraction of sp³-hybridized carbons (Fsp3) is 0.412. The molecule has 1 N–H and O–H groups in total. The summed E-state index contributed by atoms with van der Waals surface area (Å²) < 4.78 is 0. The molecule has 1 amide bonds. The van der Waals surface area contributed by atoms with E-state index in [-0.39, 0.29) is 5.91 Å². The van der Waals surface area contributed by atoms with Gasteiger partial charge in [0.05, 0.1) is 11.9 Å². The third-order valence-electron chi connectivity index (χ3n) is 4.01. The lowest BCUT2D eigenvalue weighted by Crippen LogP contribution is -2.49. The number of nitrogens with zero attached hydrogens (tertiary/aromatic N) is 5. The van der Waals surface area contributed by atoms with Crippen molar-refractivity contribution in [2.75, 3.05) is 42.9 Å². The van der Waals surface area contributed by atoms with E-state index in [4.69, 9.17) is 0 Å². The number of aryl methyl sites for hydroxylation is 1. The number of carbonyl (C=O) groups excluding carboxylic acids is 1. The van der Waals surface area contributed by atoms with Crippen molar-refractivity contribution < 1.29 is 4.79 Å². The van der Waals surface area contributed by atoms with Crippen LogP contribution < -0.4 is 10.2 Å². The van der Waals surface area contributed by atoms with Crippen LogP contribution >= 0.6 is 0 Å². The molecule has 2 aromatic rings. The zero-order valence-corrected chi connectivity index (χ0v) is 13.9. The van der Waals surface area contributed by atoms with Crippen molar-refractivity contribution in [2.45, 2.75) is 13.3 Å². The smallest absolute Gasteiger partial charge is 0.224 e. The first-order valence-electron chi connectivity index (χ1n) is 8.18. The molecule has 1 aliphatic rings. The van der Waals surface area contributed by atoms with E-state index >= 15 is 0 Å². The summed E-state index contributed by atoms with van der Waals surface area (Å²) in [4.78, 5) is 29.2. The quantitative estimate of drug-likeness (QED) is 0.893. The van der Waals surface area contributed by atoms with E-state index in [2.05, 4.69) is 25.2 Å². The summed E-state index contributed by atoms with van der Waals surface area (Å²) >= 11 is 0. The molecular weight excluding hydrogens is 304 g/mol. The van der Waals surface area contributed by atoms with Gasteiger partial charge in [-0.15, -0.1) is 0 Å². The molecule has 2 aromatic heterocycles. The third-order valence-corrected chi connectivity index (χ3v) is 4.01. The van der Waals surface area contributed by atoms with Crippen molar-refractivity contribution >= 4 is 17.5 Å². The van der Waals surface area contributed by atoms with Crippen molar-refractivity contribution in [3.8, 4) is 0 Å². The van der Waals surface area contributed by atoms with Crippen LogP contribution in [0.5, 0.6) is 0 Å². The summed E-state index contributed by atoms with van der Waals surface area (Å²) in [6, 6.07) is 5.90. The van der Waals surface area contributed by atoms with Crippen molar-refractivity contribution in [1.29, 1.82) is 0 Å². The van der Waals surface area contributed by atoms with Crippen LogP contribution in [0.15, 0.2) is 36.8 Å². The SMILES string of the molecule is Cc1cncc(NCCC(=O)N2CCN(c3ccccn3)CC2)n1. The molecule has 0 spiro atoms. The van der Waals surface area contributed by atoms with E-state index < -0.39 is 0 Å². The van der Waals surface area contributed by atoms with Crippen molar-refractivity contribution in [3.05, 3.63) is 42.5 Å². The van der Waals surface area contributed by atoms with Crippen LogP contribution in [0.1, 0.15) is 12.1 Å². The molecule has 0 bridgehead atoms. The van der Waals surface area contributed by atoms with Crippen LogP contribution in [-0.4, -0.2) is 58.5 Å². The van der Waals surface area contributed by atoms with Gasteiger partial charge < -0.3 is 15.1 Å². The maximum absolute atomic E-state index is 12.3. The molecule has 24 heavy (non-hydrogen) atoms. The summed E-state index contributed by atoms with van der Waals surface area (Å²) in [6.45, 7) is 5.57. The monoisotopic (exact) mass is 326 g/mol. The van der Waals surface area contributed by atoms with Gasteiger partial charge in [-0.2, -0.15) is 0 Å². The van der Waals surface area contributed by atoms with Gasteiger partial charge in [0.1, 0.15) is 11.6 Å². The number of pyridine rings is 1. The normalized spacial score (nSPS) is 14.5. The highest BCUT2D eigenvalue weighted by Gasteiger charge is 2.21. The lowest BCUT2D eigenvalue weighted by atomic mass is 10.2. The lowest BCUT2D eigenvalue weighted by Gasteiger charge is -2.35. The van der Waals surface area contributed by atoms with Crippen molar-refractivity contribution in [2.24, 2.45) is 0 Å². The van der Waals surface area contributed by atoms with Crippen LogP contribution in [0.2, 0.25) is 0 Å². The average molecular weight is 326 g/mol. The Morgan fingerprint density at radius 1 is 1.21 bits per heavy atom. The highest BCUT2D eigenvalue weighted by atomic mass is 16.2. The first-order chi connectivity index (χ1) is 11.7.